The van der Waals surface area contributed by atoms with Crippen LogP contribution >= 0.6 is 0 Å². The van der Waals surface area contributed by atoms with Crippen molar-refractivity contribution in [3.63, 3.8) is 0 Å². The number of carbonyl (C=O) groups is 1. The van der Waals surface area contributed by atoms with Crippen LogP contribution in [0.2, 0.25) is 0 Å². The molecule has 0 bridgehead atoms. The summed E-state index contributed by atoms with van der Waals surface area (Å²) in [6.45, 7) is 7.14. The highest BCUT2D eigenvalue weighted by atomic mass is 16.5. The summed E-state index contributed by atoms with van der Waals surface area (Å²) >= 11 is 0. The molecule has 0 spiro atoms. The van der Waals surface area contributed by atoms with E-state index in [2.05, 4.69) is 16.7 Å². The molecule has 1 unspecified atom stereocenters. The number of rotatable bonds is 4. The van der Waals surface area contributed by atoms with Crippen LogP contribution in [0.15, 0.2) is 0 Å². The van der Waals surface area contributed by atoms with E-state index >= 15 is 0 Å². The van der Waals surface area contributed by atoms with Crippen LogP contribution in [0.25, 0.3) is 0 Å². The van der Waals surface area contributed by atoms with Gasteiger partial charge in [-0.2, -0.15) is 0 Å². The molecular weight excluding hydrogens is 304 g/mol. The average molecular weight is 338 g/mol. The molecule has 1 aliphatic carbocycles. The van der Waals surface area contributed by atoms with Crippen LogP contribution in [0.4, 0.5) is 0 Å². The van der Waals surface area contributed by atoms with E-state index in [0.29, 0.717) is 5.91 Å². The Morgan fingerprint density at radius 2 is 1.75 bits per heavy atom. The van der Waals surface area contributed by atoms with E-state index in [4.69, 9.17) is 4.74 Å². The minimum Gasteiger partial charge on any atom is -0.396 e. The Bertz CT molecular complexity index is 424. The standard InChI is InChI=1S/C19H34N2O3/c1-2-18(16-22)7-6-10-20(15-18)17(23)19(8-4-3-5-9-19)21-11-13-24-14-12-21/h22H,2-16H2,1H3. The molecule has 2 heterocycles. The van der Waals surface area contributed by atoms with Crippen molar-refractivity contribution in [3.8, 4) is 0 Å². The van der Waals surface area contributed by atoms with Crippen LogP contribution in [0, 0.1) is 5.41 Å². The van der Waals surface area contributed by atoms with Crippen LogP contribution < -0.4 is 0 Å². The molecule has 0 aromatic rings. The van der Waals surface area contributed by atoms with Gasteiger partial charge in [0.05, 0.1) is 19.8 Å². The van der Waals surface area contributed by atoms with Crippen molar-refractivity contribution < 1.29 is 14.6 Å². The summed E-state index contributed by atoms with van der Waals surface area (Å²) < 4.78 is 5.53. The van der Waals surface area contributed by atoms with Crippen molar-refractivity contribution in [2.24, 2.45) is 5.41 Å². The van der Waals surface area contributed by atoms with E-state index in [1.165, 1.54) is 6.42 Å². The van der Waals surface area contributed by atoms with Crippen molar-refractivity contribution in [1.29, 1.82) is 0 Å². The van der Waals surface area contributed by atoms with Crippen molar-refractivity contribution in [3.05, 3.63) is 0 Å². The number of hydrogen-bond acceptors (Lipinski definition) is 4. The van der Waals surface area contributed by atoms with Gasteiger partial charge in [0.1, 0.15) is 5.54 Å². The fourth-order valence-electron chi connectivity index (χ4n) is 5.00. The Morgan fingerprint density at radius 3 is 2.38 bits per heavy atom. The van der Waals surface area contributed by atoms with Gasteiger partial charge in [0.2, 0.25) is 5.91 Å². The Labute approximate surface area is 146 Å². The topological polar surface area (TPSA) is 53.0 Å². The maximum atomic E-state index is 13.7. The summed E-state index contributed by atoms with van der Waals surface area (Å²) in [6, 6.07) is 0. The summed E-state index contributed by atoms with van der Waals surface area (Å²) in [5.41, 5.74) is -0.400. The predicted molar refractivity (Wildman–Crippen MR) is 93.8 cm³/mol. The first-order valence-electron chi connectivity index (χ1n) is 9.89. The van der Waals surface area contributed by atoms with Crippen LogP contribution in [-0.2, 0) is 9.53 Å². The molecular formula is C19H34N2O3. The van der Waals surface area contributed by atoms with E-state index < -0.39 is 0 Å². The minimum absolute atomic E-state index is 0.0885. The first-order chi connectivity index (χ1) is 11.7. The lowest BCUT2D eigenvalue weighted by Crippen LogP contribution is -2.64. The Balaban J connectivity index is 1.80. The number of amides is 1. The third-order valence-electron chi connectivity index (χ3n) is 6.73. The van der Waals surface area contributed by atoms with Gasteiger partial charge in [0.25, 0.3) is 0 Å². The first kappa shape index (κ1) is 18.2. The first-order valence-corrected chi connectivity index (χ1v) is 9.89. The van der Waals surface area contributed by atoms with Gasteiger partial charge in [-0.25, -0.2) is 0 Å². The highest BCUT2D eigenvalue weighted by Gasteiger charge is 2.48. The average Bonchev–Trinajstić information content (AvgIpc) is 2.68. The fraction of sp³-hybridized carbons (Fsp3) is 0.947. The van der Waals surface area contributed by atoms with Crippen molar-refractivity contribution in [1.82, 2.24) is 9.80 Å². The molecule has 3 rings (SSSR count). The minimum atomic E-state index is -0.311. The maximum Gasteiger partial charge on any atom is 0.243 e. The number of aliphatic hydroxyl groups excluding tert-OH is 1. The molecule has 138 valence electrons. The SMILES string of the molecule is CCC1(CO)CCCN(C(=O)C2(N3CCOCC3)CCCCC2)C1. The second-order valence-electron chi connectivity index (χ2n) is 8.03. The molecule has 1 N–H and O–H groups in total. The number of likely N-dealkylation sites (tertiary alicyclic amines) is 1. The lowest BCUT2D eigenvalue weighted by Gasteiger charge is -2.51. The number of morpholine rings is 1. The molecule has 5 heteroatoms. The van der Waals surface area contributed by atoms with Gasteiger partial charge < -0.3 is 14.7 Å². The van der Waals surface area contributed by atoms with Gasteiger partial charge in [0, 0.05) is 31.6 Å². The van der Waals surface area contributed by atoms with Crippen molar-refractivity contribution in [2.75, 3.05) is 46.0 Å². The fourth-order valence-corrected chi connectivity index (χ4v) is 5.00. The Hall–Kier alpha value is -0.650. The second kappa shape index (κ2) is 7.71. The van der Waals surface area contributed by atoms with Crippen molar-refractivity contribution in [2.45, 2.75) is 63.8 Å². The summed E-state index contributed by atoms with van der Waals surface area (Å²) in [7, 11) is 0. The van der Waals surface area contributed by atoms with Crippen molar-refractivity contribution >= 4 is 5.91 Å². The van der Waals surface area contributed by atoms with Crippen LogP contribution in [0.3, 0.4) is 0 Å². The van der Waals surface area contributed by atoms with E-state index in [1.807, 2.05) is 0 Å². The Morgan fingerprint density at radius 1 is 1.04 bits per heavy atom. The third kappa shape index (κ3) is 3.35. The number of ether oxygens (including phenoxy) is 1. The zero-order valence-electron chi connectivity index (χ0n) is 15.3. The number of piperidine rings is 1. The maximum absolute atomic E-state index is 13.7. The summed E-state index contributed by atoms with van der Waals surface area (Å²) in [6.07, 6.45) is 8.51. The molecule has 3 fully saturated rings. The molecule has 24 heavy (non-hydrogen) atoms. The van der Waals surface area contributed by atoms with Crippen LogP contribution in [-0.4, -0.2) is 72.4 Å². The smallest absolute Gasteiger partial charge is 0.243 e. The van der Waals surface area contributed by atoms with Gasteiger partial charge in [-0.1, -0.05) is 26.2 Å². The highest BCUT2D eigenvalue weighted by Crippen LogP contribution is 2.39. The van der Waals surface area contributed by atoms with E-state index in [9.17, 15) is 9.90 Å². The molecule has 0 aromatic carbocycles. The zero-order valence-corrected chi connectivity index (χ0v) is 15.3. The number of hydrogen-bond donors (Lipinski definition) is 1. The van der Waals surface area contributed by atoms with Gasteiger partial charge >= 0.3 is 0 Å². The van der Waals surface area contributed by atoms with E-state index in [1.54, 1.807) is 0 Å². The molecule has 1 atom stereocenters. The molecule has 2 aliphatic heterocycles. The molecule has 0 aromatic heterocycles. The highest BCUT2D eigenvalue weighted by molar-refractivity contribution is 5.86. The Kier molecular flexibility index (Phi) is 5.83. The summed E-state index contributed by atoms with van der Waals surface area (Å²) in [5, 5.41) is 9.90. The van der Waals surface area contributed by atoms with Crippen LogP contribution in [0.1, 0.15) is 58.3 Å². The van der Waals surface area contributed by atoms with Gasteiger partial charge in [-0.3, -0.25) is 9.69 Å². The molecule has 1 saturated carbocycles. The predicted octanol–water partition coefficient (Wildman–Crippen LogP) is 2.03. The van der Waals surface area contributed by atoms with E-state index in [-0.39, 0.29) is 17.6 Å². The van der Waals surface area contributed by atoms with Crippen LogP contribution in [0.5, 0.6) is 0 Å². The number of carbonyl (C=O) groups excluding carboxylic acids is 1. The number of nitrogens with zero attached hydrogens (tertiary/aromatic N) is 2. The van der Waals surface area contributed by atoms with Gasteiger partial charge in [-0.05, 0) is 32.1 Å². The quantitative estimate of drug-likeness (QED) is 0.852. The lowest BCUT2D eigenvalue weighted by atomic mass is 9.75. The summed E-state index contributed by atoms with van der Waals surface area (Å²) in [4.78, 5) is 18.2. The normalized spacial score (nSPS) is 31.8. The monoisotopic (exact) mass is 338 g/mol. The van der Waals surface area contributed by atoms with E-state index in [0.717, 1.165) is 84.3 Å². The molecule has 3 aliphatic rings. The second-order valence-corrected chi connectivity index (χ2v) is 8.03. The molecule has 0 radical (unpaired) electrons. The lowest BCUT2D eigenvalue weighted by molar-refractivity contribution is -0.155. The largest absolute Gasteiger partial charge is 0.396 e. The number of aliphatic hydroxyl groups is 1. The van der Waals surface area contributed by atoms with Gasteiger partial charge in [0.15, 0.2) is 0 Å². The molecule has 5 nitrogen and oxygen atoms in total. The summed E-state index contributed by atoms with van der Waals surface area (Å²) in [5.74, 6) is 0.329. The van der Waals surface area contributed by atoms with Gasteiger partial charge in [-0.15, -0.1) is 0 Å². The molecule has 2 saturated heterocycles. The zero-order chi connectivity index (χ0) is 17.0. The molecule has 1 amide bonds. The third-order valence-corrected chi connectivity index (χ3v) is 6.73.